The van der Waals surface area contributed by atoms with Crippen LogP contribution in [-0.4, -0.2) is 18.3 Å². The third kappa shape index (κ3) is 11.2. The van der Waals surface area contributed by atoms with Crippen molar-refractivity contribution in [3.8, 4) is 45.0 Å². The van der Waals surface area contributed by atoms with Crippen LogP contribution in [0.1, 0.15) is 33.4 Å². The van der Waals surface area contributed by atoms with E-state index in [9.17, 15) is 69.5 Å². The van der Waals surface area contributed by atoms with Crippen molar-refractivity contribution in [3.05, 3.63) is 232 Å². The van der Waals surface area contributed by atoms with Crippen molar-refractivity contribution in [2.24, 2.45) is 28.2 Å². The summed E-state index contributed by atoms with van der Waals surface area (Å²) in [5, 5.41) is 0. The van der Waals surface area contributed by atoms with Crippen LogP contribution in [0.15, 0.2) is 165 Å². The van der Waals surface area contributed by atoms with E-state index in [0.29, 0.717) is 67.5 Å². The van der Waals surface area contributed by atoms with Crippen LogP contribution in [0.2, 0.25) is 0 Å². The molecular formula is C48H36F12N4O4P2. The van der Waals surface area contributed by atoms with E-state index >= 15 is 0 Å². The molecule has 8 aliphatic rings. The topological polar surface area (TPSA) is 88.0 Å². The van der Waals surface area contributed by atoms with Crippen molar-refractivity contribution in [1.29, 1.82) is 0 Å². The van der Waals surface area contributed by atoms with Gasteiger partial charge in [0.25, 0.3) is 0 Å². The average molecular weight is 1020 g/mol. The molecule has 8 nitrogen and oxygen atoms in total. The van der Waals surface area contributed by atoms with Crippen LogP contribution < -0.4 is 22.2 Å². The molecule has 0 unspecified atom stereocenters. The van der Waals surface area contributed by atoms with Crippen LogP contribution in [0.3, 0.4) is 0 Å². The van der Waals surface area contributed by atoms with E-state index in [2.05, 4.69) is 0 Å². The molecule has 0 saturated heterocycles. The molecule has 0 spiro atoms. The van der Waals surface area contributed by atoms with Gasteiger partial charge in [0.2, 0.25) is 0 Å². The van der Waals surface area contributed by atoms with Crippen molar-refractivity contribution in [1.82, 2.24) is 18.3 Å². The van der Waals surface area contributed by atoms with E-state index in [1.54, 1.807) is 46.5 Å². The van der Waals surface area contributed by atoms with Crippen LogP contribution in [-0.2, 0) is 28.2 Å². The predicted molar refractivity (Wildman–Crippen MR) is 248 cm³/mol. The first-order valence-electron chi connectivity index (χ1n) is 20.4. The first-order chi connectivity index (χ1) is 32.1. The van der Waals surface area contributed by atoms with Gasteiger partial charge in [0.1, 0.15) is 22.3 Å². The Bertz CT molecular complexity index is 3150. The molecule has 0 amide bonds. The Morgan fingerprint density at radius 2 is 0.471 bits per heavy atom. The van der Waals surface area contributed by atoms with Gasteiger partial charge >= 0.3 is 88.2 Å². The molecule has 4 heterocycles. The molecule has 0 aromatic heterocycles. The summed E-state index contributed by atoms with van der Waals surface area (Å²) < 4.78 is 125. The molecule has 0 saturated carbocycles. The Hall–Kier alpha value is -7.30. The van der Waals surface area contributed by atoms with E-state index < -0.39 is 15.6 Å². The van der Waals surface area contributed by atoms with Crippen LogP contribution >= 0.6 is 15.6 Å². The second-order valence-corrected chi connectivity index (χ2v) is 19.9. The fraction of sp³-hybridized carbons (Fsp3) is 0.0833. The first kappa shape index (κ1) is 50.6. The second kappa shape index (κ2) is 16.1. The molecular weight excluding hydrogens is 986 g/mol. The van der Waals surface area contributed by atoms with Crippen molar-refractivity contribution in [2.75, 3.05) is 0 Å². The molecule has 22 heteroatoms. The molecule has 1 aromatic carbocycles. The molecule has 70 heavy (non-hydrogen) atoms. The predicted octanol–water partition coefficient (Wildman–Crippen LogP) is 13.7. The van der Waals surface area contributed by atoms with Crippen molar-refractivity contribution < 1.29 is 50.4 Å². The molecule has 366 valence electrons. The number of aromatic nitrogens is 4. The third-order valence-corrected chi connectivity index (χ3v) is 11.1. The molecule has 0 fully saturated rings. The standard InChI is InChI=1S/C48H36N4O4.2F6P/c1-49-35-21-13-5-9-17-31(35)41(45(49)53)39(42-32-18-10-6-14-22-36(32)50(2)46(42)54)29-25-27-30(28-26-29)40(43-33-19-11-7-15-23-37(33)51(3)47(43)55)44-34-20-12-8-16-24-38(34)52(4)48(44)56;2*1-7(2,3,4,5)6/h5-28H,1-4H3;;/q+2;2*-1. The maximum absolute atomic E-state index is 14.4. The molecule has 4 aliphatic heterocycles. The van der Waals surface area contributed by atoms with E-state index in [1.807, 2.05) is 146 Å². The Morgan fingerprint density at radius 3 is 0.657 bits per heavy atom. The minimum absolute atomic E-state index is 0.228. The molecule has 0 atom stereocenters. The average Bonchev–Trinajstić information content (AvgIpc) is 3.57. The number of hydrogen-bond donors (Lipinski definition) is 0. The molecule has 0 N–H and O–H groups in total. The molecule has 9 rings (SSSR count). The molecule has 0 radical (unpaired) electrons. The van der Waals surface area contributed by atoms with Crippen LogP contribution in [0.25, 0.3) is 45.0 Å². The minimum atomic E-state index is -10.7. The van der Waals surface area contributed by atoms with Gasteiger partial charge in [-0.3, -0.25) is 18.3 Å². The number of benzene rings is 1. The molecule has 4 aliphatic carbocycles. The maximum atomic E-state index is 14.4. The quantitative estimate of drug-likeness (QED) is 0.0943. The monoisotopic (exact) mass is 1020 g/mol. The van der Waals surface area contributed by atoms with Gasteiger partial charge in [-0.1, -0.05) is 72.8 Å². The fourth-order valence-electron chi connectivity index (χ4n) is 8.33. The van der Waals surface area contributed by atoms with E-state index in [1.165, 1.54) is 0 Å². The number of halogens is 12. The third-order valence-electron chi connectivity index (χ3n) is 11.1. The Morgan fingerprint density at radius 1 is 0.300 bits per heavy atom. The Kier molecular flexibility index (Phi) is 11.7. The van der Waals surface area contributed by atoms with E-state index in [0.717, 1.165) is 22.8 Å². The van der Waals surface area contributed by atoms with Crippen LogP contribution in [0, 0.1) is 11.8 Å². The summed E-state index contributed by atoms with van der Waals surface area (Å²) in [6, 6.07) is 45.6. The van der Waals surface area contributed by atoms with E-state index in [-0.39, 0.29) is 22.2 Å². The van der Waals surface area contributed by atoms with Crippen molar-refractivity contribution in [3.63, 3.8) is 0 Å². The van der Waals surface area contributed by atoms with Gasteiger partial charge in [-0.2, -0.15) is 0 Å². The summed E-state index contributed by atoms with van der Waals surface area (Å²) >= 11 is 0. The van der Waals surface area contributed by atoms with E-state index in [4.69, 9.17) is 0 Å². The number of fused-ring (bicyclic) bond motifs is 4. The zero-order chi connectivity index (χ0) is 51.6. The number of rotatable bonds is 6. The molecule has 1 aromatic rings. The second-order valence-electron chi connectivity index (χ2n) is 16.0. The normalized spacial score (nSPS) is 13.8. The first-order valence-corrected chi connectivity index (χ1v) is 24.4. The van der Waals surface area contributed by atoms with Crippen LogP contribution in [0.4, 0.5) is 50.4 Å². The zero-order valence-electron chi connectivity index (χ0n) is 36.7. The Labute approximate surface area is 388 Å². The summed E-state index contributed by atoms with van der Waals surface area (Å²) in [6.45, 7) is 0. The summed E-state index contributed by atoms with van der Waals surface area (Å²) in [7, 11) is -14.3. The molecule has 0 bridgehead atoms. The van der Waals surface area contributed by atoms with Gasteiger partial charge < -0.3 is 0 Å². The summed E-state index contributed by atoms with van der Waals surface area (Å²) in [5.74, 6) is 1.01. The van der Waals surface area contributed by atoms with Crippen molar-refractivity contribution in [2.45, 2.75) is 0 Å². The SMILES string of the molecule is Cn1c2cccccc-2c([C+](c2ccc([C+](c3c4cccccc-4n(C)c3=O)c3c4cccccc-4n(C)c3=O)cc2)c2c3cccccc-3n(C)c2=O)c1=O.F[P-](F)(F)(F)(F)F.F[P-](F)(F)(F)(F)F. The summed E-state index contributed by atoms with van der Waals surface area (Å²) in [4.78, 5) is 57.5. The fourth-order valence-corrected chi connectivity index (χ4v) is 8.33. The van der Waals surface area contributed by atoms with Crippen molar-refractivity contribution >= 4 is 15.6 Å². The van der Waals surface area contributed by atoms with Gasteiger partial charge in [-0.25, -0.2) is 19.2 Å². The van der Waals surface area contributed by atoms with Gasteiger partial charge in [0.05, 0.1) is 68.0 Å². The number of nitrogens with zero attached hydrogens (tertiary/aromatic N) is 4. The van der Waals surface area contributed by atoms with Gasteiger partial charge in [0, 0.05) is 52.5 Å². The van der Waals surface area contributed by atoms with Gasteiger partial charge in [-0.05, 0) is 48.5 Å². The van der Waals surface area contributed by atoms with Gasteiger partial charge in [-0.15, -0.1) is 0 Å². The number of hydrogen-bond acceptors (Lipinski definition) is 4. The Balaban J connectivity index is 0.000000452. The van der Waals surface area contributed by atoms with Crippen LogP contribution in [0.5, 0.6) is 0 Å². The summed E-state index contributed by atoms with van der Waals surface area (Å²) in [5.41, 5.74) is 7.81. The zero-order valence-corrected chi connectivity index (χ0v) is 38.5. The summed E-state index contributed by atoms with van der Waals surface area (Å²) in [6.07, 6.45) is 0. The van der Waals surface area contributed by atoms with Gasteiger partial charge in [0.15, 0.2) is 0 Å².